The van der Waals surface area contributed by atoms with Crippen LogP contribution in [0.2, 0.25) is 5.02 Å². The molecule has 1 rings (SSSR count). The van der Waals surface area contributed by atoms with Gasteiger partial charge in [-0.3, -0.25) is 0 Å². The van der Waals surface area contributed by atoms with Crippen LogP contribution in [0.15, 0.2) is 24.3 Å². The molecule has 1 atom stereocenters. The van der Waals surface area contributed by atoms with Crippen LogP contribution in [0.3, 0.4) is 0 Å². The number of halogens is 4. The zero-order valence-electron chi connectivity index (χ0n) is 10.8. The number of benzene rings is 1. The van der Waals surface area contributed by atoms with Crippen LogP contribution in [-0.2, 0) is 0 Å². The summed E-state index contributed by atoms with van der Waals surface area (Å²) in [6, 6.07) is 6.74. The van der Waals surface area contributed by atoms with Gasteiger partial charge < -0.3 is 15.2 Å². The van der Waals surface area contributed by atoms with Gasteiger partial charge in [-0.05, 0) is 31.2 Å². The van der Waals surface area contributed by atoms with Gasteiger partial charge in [0.05, 0.1) is 0 Å². The van der Waals surface area contributed by atoms with E-state index in [-0.39, 0.29) is 26.1 Å². The molecule has 0 spiro atoms. The molecule has 1 aromatic rings. The molecule has 0 fully saturated rings. The van der Waals surface area contributed by atoms with E-state index < -0.39 is 18.7 Å². The number of ether oxygens (including phenoxy) is 1. The number of aliphatic hydroxyl groups is 1. The fraction of sp³-hybridized carbons (Fsp3) is 0.538. The Morgan fingerprint density at radius 2 is 2.10 bits per heavy atom. The standard InChI is InChI=1S/C13H17ClF3NO2/c14-10-3-1-4-12(7-10)20-9-11(19)8-18-6-2-5-13(15,16)17/h1,3-4,7,11,18-19H,2,5-6,8-9H2. The molecule has 0 radical (unpaired) electrons. The largest absolute Gasteiger partial charge is 0.491 e. The smallest absolute Gasteiger partial charge is 0.389 e. The van der Waals surface area contributed by atoms with Crippen LogP contribution in [0.25, 0.3) is 0 Å². The van der Waals surface area contributed by atoms with E-state index >= 15 is 0 Å². The average Bonchev–Trinajstić information content (AvgIpc) is 2.35. The zero-order chi connectivity index (χ0) is 15.0. The van der Waals surface area contributed by atoms with Gasteiger partial charge in [-0.15, -0.1) is 0 Å². The topological polar surface area (TPSA) is 41.5 Å². The fourth-order valence-corrected chi connectivity index (χ4v) is 1.67. The summed E-state index contributed by atoms with van der Waals surface area (Å²) in [7, 11) is 0. The Bertz CT molecular complexity index is 401. The summed E-state index contributed by atoms with van der Waals surface area (Å²) >= 11 is 5.77. The van der Waals surface area contributed by atoms with Gasteiger partial charge in [-0.25, -0.2) is 0 Å². The summed E-state index contributed by atoms with van der Waals surface area (Å²) in [6.45, 7) is 0.429. The second-order valence-corrected chi connectivity index (χ2v) is 4.78. The Morgan fingerprint density at radius 3 is 2.75 bits per heavy atom. The van der Waals surface area contributed by atoms with Gasteiger partial charge in [0, 0.05) is 18.0 Å². The Labute approximate surface area is 120 Å². The second kappa shape index (κ2) is 8.34. The van der Waals surface area contributed by atoms with E-state index in [1.54, 1.807) is 24.3 Å². The van der Waals surface area contributed by atoms with Crippen molar-refractivity contribution in [2.45, 2.75) is 25.1 Å². The molecule has 20 heavy (non-hydrogen) atoms. The first-order valence-electron chi connectivity index (χ1n) is 6.21. The molecule has 0 bridgehead atoms. The molecule has 114 valence electrons. The van der Waals surface area contributed by atoms with Crippen molar-refractivity contribution in [3.63, 3.8) is 0 Å². The van der Waals surface area contributed by atoms with E-state index in [0.29, 0.717) is 10.8 Å². The Kier molecular flexibility index (Phi) is 7.12. The van der Waals surface area contributed by atoms with Crippen LogP contribution in [0.1, 0.15) is 12.8 Å². The van der Waals surface area contributed by atoms with E-state index in [9.17, 15) is 18.3 Å². The molecule has 0 aliphatic rings. The van der Waals surface area contributed by atoms with Gasteiger partial charge in [0.1, 0.15) is 18.5 Å². The van der Waals surface area contributed by atoms with Crippen molar-refractivity contribution >= 4 is 11.6 Å². The van der Waals surface area contributed by atoms with Crippen molar-refractivity contribution in [1.82, 2.24) is 5.32 Å². The highest BCUT2D eigenvalue weighted by Gasteiger charge is 2.25. The van der Waals surface area contributed by atoms with Crippen LogP contribution in [0.4, 0.5) is 13.2 Å². The average molecular weight is 312 g/mol. The van der Waals surface area contributed by atoms with Crippen molar-refractivity contribution in [2.24, 2.45) is 0 Å². The number of aliphatic hydroxyl groups excluding tert-OH is 1. The molecule has 7 heteroatoms. The summed E-state index contributed by atoms with van der Waals surface area (Å²) in [5, 5.41) is 12.9. The minimum Gasteiger partial charge on any atom is -0.491 e. The SMILES string of the molecule is OC(CNCCCC(F)(F)F)COc1cccc(Cl)c1. The summed E-state index contributed by atoms with van der Waals surface area (Å²) in [5.41, 5.74) is 0. The third kappa shape index (κ3) is 8.24. The maximum absolute atomic E-state index is 11.9. The number of hydrogen-bond acceptors (Lipinski definition) is 3. The lowest BCUT2D eigenvalue weighted by molar-refractivity contribution is -0.135. The monoisotopic (exact) mass is 311 g/mol. The first-order chi connectivity index (χ1) is 9.37. The van der Waals surface area contributed by atoms with E-state index in [2.05, 4.69) is 5.32 Å². The maximum Gasteiger partial charge on any atom is 0.389 e. The number of rotatable bonds is 8. The van der Waals surface area contributed by atoms with Gasteiger partial charge in [-0.2, -0.15) is 13.2 Å². The van der Waals surface area contributed by atoms with E-state index in [4.69, 9.17) is 16.3 Å². The third-order valence-electron chi connectivity index (χ3n) is 2.43. The van der Waals surface area contributed by atoms with Crippen molar-refractivity contribution in [3.8, 4) is 5.75 Å². The molecule has 0 saturated heterocycles. The van der Waals surface area contributed by atoms with Crippen molar-refractivity contribution in [3.05, 3.63) is 29.3 Å². The second-order valence-electron chi connectivity index (χ2n) is 4.35. The number of hydrogen-bond donors (Lipinski definition) is 2. The van der Waals surface area contributed by atoms with Gasteiger partial charge in [0.25, 0.3) is 0 Å². The summed E-state index contributed by atoms with van der Waals surface area (Å²) in [6.07, 6.45) is -5.75. The molecule has 0 saturated carbocycles. The van der Waals surface area contributed by atoms with E-state index in [0.717, 1.165) is 0 Å². The van der Waals surface area contributed by atoms with Crippen LogP contribution in [0, 0.1) is 0 Å². The lowest BCUT2D eigenvalue weighted by Gasteiger charge is -2.13. The lowest BCUT2D eigenvalue weighted by Crippen LogP contribution is -2.32. The highest BCUT2D eigenvalue weighted by molar-refractivity contribution is 6.30. The first kappa shape index (κ1) is 17.1. The van der Waals surface area contributed by atoms with Crippen LogP contribution >= 0.6 is 11.6 Å². The van der Waals surface area contributed by atoms with Crippen LogP contribution in [0.5, 0.6) is 5.75 Å². The van der Waals surface area contributed by atoms with Crippen molar-refractivity contribution in [1.29, 1.82) is 0 Å². The Morgan fingerprint density at radius 1 is 1.35 bits per heavy atom. The Balaban J connectivity index is 2.10. The van der Waals surface area contributed by atoms with Crippen molar-refractivity contribution in [2.75, 3.05) is 19.7 Å². The van der Waals surface area contributed by atoms with Crippen molar-refractivity contribution < 1.29 is 23.0 Å². The summed E-state index contributed by atoms with van der Waals surface area (Å²) < 4.78 is 40.9. The molecule has 2 N–H and O–H groups in total. The lowest BCUT2D eigenvalue weighted by atomic mass is 10.3. The summed E-state index contributed by atoms with van der Waals surface area (Å²) in [5.74, 6) is 0.536. The fourth-order valence-electron chi connectivity index (χ4n) is 1.49. The minimum absolute atomic E-state index is 0.00856. The normalized spacial score (nSPS) is 13.2. The van der Waals surface area contributed by atoms with E-state index in [1.165, 1.54) is 0 Å². The number of nitrogens with one attached hydrogen (secondary N) is 1. The van der Waals surface area contributed by atoms with Gasteiger partial charge >= 0.3 is 6.18 Å². The van der Waals surface area contributed by atoms with Gasteiger partial charge in [0.2, 0.25) is 0 Å². The zero-order valence-corrected chi connectivity index (χ0v) is 11.5. The molecule has 1 unspecified atom stereocenters. The molecule has 3 nitrogen and oxygen atoms in total. The first-order valence-corrected chi connectivity index (χ1v) is 6.58. The molecular weight excluding hydrogens is 295 g/mol. The highest BCUT2D eigenvalue weighted by atomic mass is 35.5. The molecule has 0 amide bonds. The molecule has 0 aliphatic heterocycles. The van der Waals surface area contributed by atoms with Gasteiger partial charge in [-0.1, -0.05) is 17.7 Å². The highest BCUT2D eigenvalue weighted by Crippen LogP contribution is 2.20. The Hall–Kier alpha value is -0.980. The summed E-state index contributed by atoms with van der Waals surface area (Å²) in [4.78, 5) is 0. The van der Waals surface area contributed by atoms with E-state index in [1.807, 2.05) is 0 Å². The van der Waals surface area contributed by atoms with Gasteiger partial charge in [0.15, 0.2) is 0 Å². The predicted molar refractivity (Wildman–Crippen MR) is 71.1 cm³/mol. The molecule has 1 aromatic carbocycles. The van der Waals surface area contributed by atoms with Crippen LogP contribution in [-0.4, -0.2) is 37.1 Å². The predicted octanol–water partition coefficient (Wildman–Crippen LogP) is 3.01. The molecule has 0 aliphatic carbocycles. The maximum atomic E-state index is 11.9. The molecular formula is C13H17ClF3NO2. The van der Waals surface area contributed by atoms with Crippen LogP contribution < -0.4 is 10.1 Å². The minimum atomic E-state index is -4.13. The molecule has 0 aromatic heterocycles. The molecule has 0 heterocycles. The quantitative estimate of drug-likeness (QED) is 0.725. The third-order valence-corrected chi connectivity index (χ3v) is 2.67. The number of alkyl halides is 3.